The molecular formula is C11H20N2O. The Balaban J connectivity index is 1.83. The van der Waals surface area contributed by atoms with Gasteiger partial charge in [0.25, 0.3) is 0 Å². The molecule has 1 saturated heterocycles. The van der Waals surface area contributed by atoms with Gasteiger partial charge in [0.15, 0.2) is 0 Å². The second kappa shape index (κ2) is 4.30. The van der Waals surface area contributed by atoms with E-state index in [0.29, 0.717) is 5.91 Å². The number of likely N-dealkylation sites (tertiary alicyclic amines) is 1. The van der Waals surface area contributed by atoms with Crippen molar-refractivity contribution in [2.75, 3.05) is 13.1 Å². The van der Waals surface area contributed by atoms with E-state index in [1.54, 1.807) is 0 Å². The van der Waals surface area contributed by atoms with Crippen LogP contribution in [0.25, 0.3) is 0 Å². The van der Waals surface area contributed by atoms with Crippen molar-refractivity contribution in [1.82, 2.24) is 4.90 Å². The van der Waals surface area contributed by atoms with E-state index in [9.17, 15) is 4.79 Å². The summed E-state index contributed by atoms with van der Waals surface area (Å²) >= 11 is 0. The predicted molar refractivity (Wildman–Crippen MR) is 55.7 cm³/mol. The number of nitrogens with two attached hydrogens (primary N) is 1. The molecule has 1 aliphatic carbocycles. The number of carbonyl (C=O) groups excluding carboxylic acids is 1. The molecule has 1 saturated carbocycles. The summed E-state index contributed by atoms with van der Waals surface area (Å²) in [5, 5.41) is 0. The normalized spacial score (nSPS) is 33.4. The van der Waals surface area contributed by atoms with E-state index in [2.05, 4.69) is 4.90 Å². The van der Waals surface area contributed by atoms with Gasteiger partial charge in [-0.05, 0) is 25.7 Å². The number of rotatable bonds is 1. The minimum Gasteiger partial charge on any atom is -0.342 e. The lowest BCUT2D eigenvalue weighted by molar-refractivity contribution is -0.138. The highest BCUT2D eigenvalue weighted by Crippen LogP contribution is 2.28. The van der Waals surface area contributed by atoms with Gasteiger partial charge in [0, 0.05) is 25.0 Å². The van der Waals surface area contributed by atoms with Crippen LogP contribution in [0.15, 0.2) is 0 Å². The monoisotopic (exact) mass is 196 g/mol. The second-order valence-electron chi connectivity index (χ2n) is 4.67. The Bertz CT molecular complexity index is 203. The van der Waals surface area contributed by atoms with E-state index >= 15 is 0 Å². The molecule has 3 heteroatoms. The lowest BCUT2D eigenvalue weighted by Crippen LogP contribution is -2.47. The zero-order chi connectivity index (χ0) is 9.97. The summed E-state index contributed by atoms with van der Waals surface area (Å²) in [6.45, 7) is 1.95. The van der Waals surface area contributed by atoms with Crippen LogP contribution in [0.4, 0.5) is 0 Å². The highest BCUT2D eigenvalue weighted by molar-refractivity contribution is 5.79. The van der Waals surface area contributed by atoms with Gasteiger partial charge in [0.1, 0.15) is 0 Å². The lowest BCUT2D eigenvalue weighted by atomic mass is 9.80. The van der Waals surface area contributed by atoms with E-state index < -0.39 is 0 Å². The summed E-state index contributed by atoms with van der Waals surface area (Å²) in [7, 11) is 0. The predicted octanol–water partition coefficient (Wildman–Crippen LogP) is 1.13. The van der Waals surface area contributed by atoms with Crippen LogP contribution in [0.3, 0.4) is 0 Å². The van der Waals surface area contributed by atoms with Crippen molar-refractivity contribution in [3.8, 4) is 0 Å². The largest absolute Gasteiger partial charge is 0.342 e. The molecule has 0 aromatic carbocycles. The fraction of sp³-hybridized carbons (Fsp3) is 0.909. The van der Waals surface area contributed by atoms with Crippen LogP contribution in [0.2, 0.25) is 0 Å². The quantitative estimate of drug-likeness (QED) is 0.683. The van der Waals surface area contributed by atoms with Crippen LogP contribution < -0.4 is 5.73 Å². The van der Waals surface area contributed by atoms with Crippen molar-refractivity contribution in [2.24, 2.45) is 11.7 Å². The lowest BCUT2D eigenvalue weighted by Gasteiger charge is -2.35. The zero-order valence-corrected chi connectivity index (χ0v) is 8.74. The summed E-state index contributed by atoms with van der Waals surface area (Å²) in [5.41, 5.74) is 5.70. The maximum absolute atomic E-state index is 11.9. The summed E-state index contributed by atoms with van der Waals surface area (Å²) in [6, 6.07) is 0.288. The Morgan fingerprint density at radius 2 is 1.64 bits per heavy atom. The molecule has 0 aromatic rings. The number of nitrogens with zero attached hydrogens (tertiary/aromatic N) is 1. The van der Waals surface area contributed by atoms with Crippen molar-refractivity contribution >= 4 is 5.91 Å². The van der Waals surface area contributed by atoms with Crippen molar-refractivity contribution < 1.29 is 4.79 Å². The van der Waals surface area contributed by atoms with Crippen molar-refractivity contribution in [3.05, 3.63) is 0 Å². The highest BCUT2D eigenvalue weighted by Gasteiger charge is 2.34. The van der Waals surface area contributed by atoms with Crippen LogP contribution in [-0.4, -0.2) is 29.9 Å². The number of amides is 1. The van der Waals surface area contributed by atoms with Gasteiger partial charge in [-0.25, -0.2) is 0 Å². The molecule has 0 unspecified atom stereocenters. The third kappa shape index (κ3) is 2.08. The number of hydrogen-bond donors (Lipinski definition) is 1. The molecule has 2 aliphatic rings. The van der Waals surface area contributed by atoms with E-state index in [1.807, 2.05) is 0 Å². The van der Waals surface area contributed by atoms with Crippen molar-refractivity contribution in [1.29, 1.82) is 0 Å². The van der Waals surface area contributed by atoms with Crippen molar-refractivity contribution in [2.45, 2.75) is 44.6 Å². The minimum absolute atomic E-state index is 0.253. The molecule has 2 fully saturated rings. The fourth-order valence-electron chi connectivity index (χ4n) is 2.41. The van der Waals surface area contributed by atoms with Gasteiger partial charge in [-0.3, -0.25) is 4.79 Å². The Morgan fingerprint density at radius 3 is 2.14 bits per heavy atom. The molecule has 0 aromatic heterocycles. The van der Waals surface area contributed by atoms with Gasteiger partial charge in [0.2, 0.25) is 5.91 Å². The maximum Gasteiger partial charge on any atom is 0.225 e. The van der Waals surface area contributed by atoms with Gasteiger partial charge < -0.3 is 10.6 Å². The third-order valence-corrected chi connectivity index (χ3v) is 3.44. The Labute approximate surface area is 85.6 Å². The first-order valence-electron chi connectivity index (χ1n) is 5.82. The molecule has 0 bridgehead atoms. The Hall–Kier alpha value is -0.570. The first kappa shape index (κ1) is 9.97. The molecule has 2 rings (SSSR count). The molecule has 3 nitrogen and oxygen atoms in total. The average molecular weight is 196 g/mol. The number of carbonyl (C=O) groups is 1. The van der Waals surface area contributed by atoms with Crippen LogP contribution in [0.1, 0.15) is 38.5 Å². The van der Waals surface area contributed by atoms with Gasteiger partial charge in [0.05, 0.1) is 0 Å². The van der Waals surface area contributed by atoms with Crippen LogP contribution >= 0.6 is 0 Å². The molecule has 1 aliphatic heterocycles. The highest BCUT2D eigenvalue weighted by atomic mass is 16.2. The Kier molecular flexibility index (Phi) is 3.06. The topological polar surface area (TPSA) is 46.3 Å². The van der Waals surface area contributed by atoms with E-state index in [4.69, 9.17) is 5.73 Å². The molecule has 0 spiro atoms. The second-order valence-corrected chi connectivity index (χ2v) is 4.67. The number of hydrogen-bond acceptors (Lipinski definition) is 2. The maximum atomic E-state index is 11.9. The first-order chi connectivity index (χ1) is 6.77. The van der Waals surface area contributed by atoms with E-state index in [-0.39, 0.29) is 12.0 Å². The van der Waals surface area contributed by atoms with Gasteiger partial charge in [-0.15, -0.1) is 0 Å². The molecule has 0 radical (unpaired) electrons. The van der Waals surface area contributed by atoms with Crippen LogP contribution in [0, 0.1) is 5.92 Å². The van der Waals surface area contributed by atoms with Gasteiger partial charge >= 0.3 is 0 Å². The first-order valence-corrected chi connectivity index (χ1v) is 5.82. The van der Waals surface area contributed by atoms with Gasteiger partial charge in [-0.1, -0.05) is 12.8 Å². The molecule has 0 atom stereocenters. The van der Waals surface area contributed by atoms with Crippen LogP contribution in [0.5, 0.6) is 0 Å². The molecule has 1 amide bonds. The van der Waals surface area contributed by atoms with Crippen LogP contribution in [-0.2, 0) is 4.79 Å². The smallest absolute Gasteiger partial charge is 0.225 e. The minimum atomic E-state index is 0.253. The Morgan fingerprint density at radius 1 is 1.07 bits per heavy atom. The summed E-state index contributed by atoms with van der Waals surface area (Å²) in [6.07, 6.45) is 6.77. The molecular weight excluding hydrogens is 176 g/mol. The molecule has 2 N–H and O–H groups in total. The fourth-order valence-corrected chi connectivity index (χ4v) is 2.41. The molecule has 80 valence electrons. The van der Waals surface area contributed by atoms with E-state index in [0.717, 1.165) is 25.9 Å². The zero-order valence-electron chi connectivity index (χ0n) is 8.74. The van der Waals surface area contributed by atoms with Crippen molar-refractivity contribution in [3.63, 3.8) is 0 Å². The van der Waals surface area contributed by atoms with Gasteiger partial charge in [-0.2, -0.15) is 0 Å². The SMILES string of the molecule is NC1CC(C(=O)N2CCCCCC2)C1. The summed E-state index contributed by atoms with van der Waals surface area (Å²) < 4.78 is 0. The third-order valence-electron chi connectivity index (χ3n) is 3.44. The average Bonchev–Trinajstić information content (AvgIpc) is 2.40. The molecule has 1 heterocycles. The summed E-state index contributed by atoms with van der Waals surface area (Å²) in [5.74, 6) is 0.622. The molecule has 14 heavy (non-hydrogen) atoms. The standard InChI is InChI=1S/C11H20N2O/c12-10-7-9(8-10)11(14)13-5-3-1-2-4-6-13/h9-10H,1-8,12H2. The summed E-state index contributed by atoms with van der Waals surface area (Å²) in [4.78, 5) is 14.0. The van der Waals surface area contributed by atoms with E-state index in [1.165, 1.54) is 25.7 Å².